The third-order valence-corrected chi connectivity index (χ3v) is 2.49. The van der Waals surface area contributed by atoms with E-state index < -0.39 is 0 Å². The number of nitrogens with zero attached hydrogens (tertiary/aromatic N) is 2. The zero-order chi connectivity index (χ0) is 10.8. The molecular weight excluding hydrogens is 261 g/mol. The van der Waals surface area contributed by atoms with Gasteiger partial charge in [-0.2, -0.15) is 0 Å². The molecule has 0 spiro atoms. The van der Waals surface area contributed by atoms with Crippen LogP contribution in [-0.4, -0.2) is 9.97 Å². The van der Waals surface area contributed by atoms with Crippen LogP contribution in [0.3, 0.4) is 0 Å². The van der Waals surface area contributed by atoms with Crippen molar-refractivity contribution in [3.63, 3.8) is 0 Å². The molecular formula is C10H7BrFN3. The number of hydrogen-bond acceptors (Lipinski definition) is 3. The molecule has 1 aromatic carbocycles. The quantitative estimate of drug-likeness (QED) is 0.864. The van der Waals surface area contributed by atoms with E-state index in [2.05, 4.69) is 25.9 Å². The van der Waals surface area contributed by atoms with E-state index in [4.69, 9.17) is 5.73 Å². The van der Waals surface area contributed by atoms with Crippen LogP contribution >= 0.6 is 15.9 Å². The highest BCUT2D eigenvalue weighted by Crippen LogP contribution is 2.21. The van der Waals surface area contributed by atoms with Crippen molar-refractivity contribution >= 4 is 21.6 Å². The Balaban J connectivity index is 2.45. The molecule has 0 fully saturated rings. The topological polar surface area (TPSA) is 51.8 Å². The second-order valence-electron chi connectivity index (χ2n) is 2.97. The number of aromatic nitrogens is 2. The minimum atomic E-state index is -0.340. The summed E-state index contributed by atoms with van der Waals surface area (Å²) >= 11 is 3.08. The van der Waals surface area contributed by atoms with Gasteiger partial charge in [-0.25, -0.2) is 14.4 Å². The molecule has 2 aromatic rings. The highest BCUT2D eigenvalue weighted by molar-refractivity contribution is 9.10. The van der Waals surface area contributed by atoms with Gasteiger partial charge in [-0.3, -0.25) is 0 Å². The molecule has 15 heavy (non-hydrogen) atoms. The largest absolute Gasteiger partial charge is 0.396 e. The molecule has 76 valence electrons. The van der Waals surface area contributed by atoms with Crippen LogP contribution < -0.4 is 5.73 Å². The summed E-state index contributed by atoms with van der Waals surface area (Å²) in [5.74, 6) is 0.114. The van der Waals surface area contributed by atoms with E-state index in [1.165, 1.54) is 18.5 Å². The minimum Gasteiger partial charge on any atom is -0.396 e. The lowest BCUT2D eigenvalue weighted by atomic mass is 10.2. The third kappa shape index (κ3) is 2.12. The first-order valence-electron chi connectivity index (χ1n) is 4.20. The Labute approximate surface area is 94.3 Å². The van der Waals surface area contributed by atoms with E-state index in [1.807, 2.05) is 0 Å². The van der Waals surface area contributed by atoms with Gasteiger partial charge in [0.1, 0.15) is 5.82 Å². The van der Waals surface area contributed by atoms with Crippen LogP contribution in [0, 0.1) is 5.82 Å². The fourth-order valence-corrected chi connectivity index (χ4v) is 1.37. The van der Waals surface area contributed by atoms with Gasteiger partial charge in [0.2, 0.25) is 0 Å². The number of benzene rings is 1. The standard InChI is InChI=1S/C10H7BrFN3/c11-8-2-1-6(3-9(8)12)10-14-4-7(13)5-15-10/h1-5H,13H2. The van der Waals surface area contributed by atoms with Crippen LogP contribution in [0.2, 0.25) is 0 Å². The van der Waals surface area contributed by atoms with Gasteiger partial charge < -0.3 is 5.73 Å². The predicted molar refractivity (Wildman–Crippen MR) is 59.5 cm³/mol. The van der Waals surface area contributed by atoms with Crippen LogP contribution in [-0.2, 0) is 0 Å². The summed E-state index contributed by atoms with van der Waals surface area (Å²) < 4.78 is 13.6. The first-order valence-corrected chi connectivity index (χ1v) is 4.99. The molecule has 1 aromatic heterocycles. The molecule has 0 aliphatic rings. The summed E-state index contributed by atoms with van der Waals surface area (Å²) in [6.07, 6.45) is 2.98. The van der Waals surface area contributed by atoms with Crippen molar-refractivity contribution in [1.82, 2.24) is 9.97 Å². The van der Waals surface area contributed by atoms with E-state index in [1.54, 1.807) is 12.1 Å². The third-order valence-electron chi connectivity index (χ3n) is 1.85. The van der Waals surface area contributed by atoms with Crippen molar-refractivity contribution in [2.45, 2.75) is 0 Å². The maximum Gasteiger partial charge on any atom is 0.159 e. The van der Waals surface area contributed by atoms with E-state index in [-0.39, 0.29) is 5.82 Å². The zero-order valence-corrected chi connectivity index (χ0v) is 9.20. The van der Waals surface area contributed by atoms with Gasteiger partial charge in [-0.1, -0.05) is 0 Å². The Bertz CT molecular complexity index is 485. The zero-order valence-electron chi connectivity index (χ0n) is 7.61. The predicted octanol–water partition coefficient (Wildman–Crippen LogP) is 2.63. The van der Waals surface area contributed by atoms with Gasteiger partial charge in [0.25, 0.3) is 0 Å². The van der Waals surface area contributed by atoms with Crippen LogP contribution in [0.15, 0.2) is 35.1 Å². The van der Waals surface area contributed by atoms with Crippen molar-refractivity contribution in [3.05, 3.63) is 40.9 Å². The normalized spacial score (nSPS) is 10.3. The van der Waals surface area contributed by atoms with Crippen molar-refractivity contribution in [3.8, 4) is 11.4 Å². The summed E-state index contributed by atoms with van der Waals surface area (Å²) in [6, 6.07) is 4.72. The number of anilines is 1. The number of halogens is 2. The molecule has 0 aliphatic heterocycles. The lowest BCUT2D eigenvalue weighted by molar-refractivity contribution is 0.621. The van der Waals surface area contributed by atoms with Crippen LogP contribution in [0.5, 0.6) is 0 Å². The molecule has 5 heteroatoms. The smallest absolute Gasteiger partial charge is 0.159 e. The second-order valence-corrected chi connectivity index (χ2v) is 3.82. The van der Waals surface area contributed by atoms with Gasteiger partial charge >= 0.3 is 0 Å². The monoisotopic (exact) mass is 267 g/mol. The van der Waals surface area contributed by atoms with E-state index in [9.17, 15) is 4.39 Å². The first-order chi connectivity index (χ1) is 7.16. The highest BCUT2D eigenvalue weighted by Gasteiger charge is 2.04. The highest BCUT2D eigenvalue weighted by atomic mass is 79.9. The summed E-state index contributed by atoms with van der Waals surface area (Å²) in [5, 5.41) is 0. The molecule has 0 saturated carbocycles. The van der Waals surface area contributed by atoms with Gasteiger partial charge in [0.05, 0.1) is 22.6 Å². The maximum absolute atomic E-state index is 13.2. The molecule has 0 amide bonds. The first kappa shape index (κ1) is 10.0. The van der Waals surface area contributed by atoms with E-state index in [0.29, 0.717) is 21.5 Å². The lowest BCUT2D eigenvalue weighted by Gasteiger charge is -2.01. The number of rotatable bonds is 1. The van der Waals surface area contributed by atoms with Gasteiger partial charge in [0, 0.05) is 5.56 Å². The molecule has 0 saturated heterocycles. The molecule has 0 aliphatic carbocycles. The Kier molecular flexibility index (Phi) is 2.64. The van der Waals surface area contributed by atoms with E-state index in [0.717, 1.165) is 0 Å². The SMILES string of the molecule is Nc1cnc(-c2ccc(Br)c(F)c2)nc1. The van der Waals surface area contributed by atoms with E-state index >= 15 is 0 Å². The average Bonchev–Trinajstić information content (AvgIpc) is 2.23. The van der Waals surface area contributed by atoms with Crippen LogP contribution in [0.4, 0.5) is 10.1 Å². The minimum absolute atomic E-state index is 0.340. The summed E-state index contributed by atoms with van der Waals surface area (Å²) in [4.78, 5) is 8.00. The number of nitrogen functional groups attached to an aromatic ring is 1. The van der Waals surface area contributed by atoms with Crippen LogP contribution in [0.25, 0.3) is 11.4 Å². The summed E-state index contributed by atoms with van der Waals surface area (Å²) in [5.41, 5.74) is 6.56. The van der Waals surface area contributed by atoms with Crippen molar-refractivity contribution in [2.75, 3.05) is 5.73 Å². The Hall–Kier alpha value is -1.49. The Morgan fingerprint density at radius 3 is 2.47 bits per heavy atom. The maximum atomic E-state index is 13.2. The molecule has 2 N–H and O–H groups in total. The molecule has 0 bridgehead atoms. The van der Waals surface area contributed by atoms with Gasteiger partial charge in [-0.05, 0) is 34.1 Å². The molecule has 0 radical (unpaired) electrons. The molecule has 2 rings (SSSR count). The Morgan fingerprint density at radius 1 is 1.20 bits per heavy atom. The van der Waals surface area contributed by atoms with Gasteiger partial charge in [0.15, 0.2) is 5.82 Å². The summed E-state index contributed by atoms with van der Waals surface area (Å²) in [7, 11) is 0. The summed E-state index contributed by atoms with van der Waals surface area (Å²) in [6.45, 7) is 0. The number of nitrogens with two attached hydrogens (primary N) is 1. The van der Waals surface area contributed by atoms with Crippen LogP contribution in [0.1, 0.15) is 0 Å². The second kappa shape index (κ2) is 3.94. The Morgan fingerprint density at radius 2 is 1.87 bits per heavy atom. The molecule has 1 heterocycles. The molecule has 0 atom stereocenters. The molecule has 3 nitrogen and oxygen atoms in total. The number of hydrogen-bond donors (Lipinski definition) is 1. The van der Waals surface area contributed by atoms with Crippen molar-refractivity contribution < 1.29 is 4.39 Å². The fourth-order valence-electron chi connectivity index (χ4n) is 1.12. The van der Waals surface area contributed by atoms with Crippen molar-refractivity contribution in [1.29, 1.82) is 0 Å². The average molecular weight is 268 g/mol. The lowest BCUT2D eigenvalue weighted by Crippen LogP contribution is -1.92. The molecule has 0 unspecified atom stereocenters. The van der Waals surface area contributed by atoms with Crippen molar-refractivity contribution in [2.24, 2.45) is 0 Å². The van der Waals surface area contributed by atoms with Gasteiger partial charge in [-0.15, -0.1) is 0 Å². The fraction of sp³-hybridized carbons (Fsp3) is 0.